The zero-order valence-electron chi connectivity index (χ0n) is 7.73. The Balaban J connectivity index is 3.46. The van der Waals surface area contributed by atoms with E-state index in [2.05, 4.69) is 4.98 Å². The molecule has 9 heteroatoms. The van der Waals surface area contributed by atoms with Crippen LogP contribution >= 0.6 is 0 Å². The minimum atomic E-state index is -5.22. The van der Waals surface area contributed by atoms with E-state index in [1.165, 1.54) is 0 Å². The lowest BCUT2D eigenvalue weighted by molar-refractivity contribution is -0.143. The molecule has 1 aromatic rings. The summed E-state index contributed by atoms with van der Waals surface area (Å²) in [5.74, 6) is -2.05. The molecular weight excluding hydrogens is 256 g/mol. The first kappa shape index (κ1) is 13.3. The molecule has 17 heavy (non-hydrogen) atoms. The van der Waals surface area contributed by atoms with Crippen molar-refractivity contribution in [2.75, 3.05) is 0 Å². The smallest absolute Gasteiger partial charge is 0.418 e. The Hall–Kier alpha value is -1.80. The topological polar surface area (TPSA) is 50.2 Å². The van der Waals surface area contributed by atoms with Gasteiger partial charge in [-0.25, -0.2) is 9.78 Å². The average Bonchev–Trinajstić information content (AvgIpc) is 2.14. The molecule has 0 radical (unpaired) electrons. The minimum absolute atomic E-state index is 0.0404. The fourth-order valence-electron chi connectivity index (χ4n) is 1.01. The number of aromatic nitrogens is 1. The summed E-state index contributed by atoms with van der Waals surface area (Å²) < 4.78 is 73.3. The molecule has 0 atom stereocenters. The van der Waals surface area contributed by atoms with Gasteiger partial charge in [-0.05, 0) is 6.07 Å². The van der Waals surface area contributed by atoms with Crippen LogP contribution in [-0.2, 0) is 12.4 Å². The van der Waals surface area contributed by atoms with Crippen molar-refractivity contribution in [3.8, 4) is 0 Å². The Morgan fingerprint density at radius 1 is 1.12 bits per heavy atom. The number of alkyl halides is 6. The van der Waals surface area contributed by atoms with Crippen molar-refractivity contribution in [3.63, 3.8) is 0 Å². The quantitative estimate of drug-likeness (QED) is 0.789. The summed E-state index contributed by atoms with van der Waals surface area (Å²) in [6, 6.07) is -0.281. The van der Waals surface area contributed by atoms with Gasteiger partial charge in [0.15, 0.2) is 5.69 Å². The van der Waals surface area contributed by atoms with Crippen LogP contribution in [0.1, 0.15) is 21.6 Å². The fourth-order valence-corrected chi connectivity index (χ4v) is 1.01. The van der Waals surface area contributed by atoms with Gasteiger partial charge in [0, 0.05) is 6.20 Å². The second kappa shape index (κ2) is 3.90. The molecule has 94 valence electrons. The predicted molar refractivity (Wildman–Crippen MR) is 41.2 cm³/mol. The molecule has 0 amide bonds. The highest BCUT2D eigenvalue weighted by molar-refractivity contribution is 5.87. The van der Waals surface area contributed by atoms with Crippen LogP contribution in [-0.4, -0.2) is 16.1 Å². The summed E-state index contributed by atoms with van der Waals surface area (Å²) in [6.07, 6.45) is -10.2. The highest BCUT2D eigenvalue weighted by Gasteiger charge is 2.40. The van der Waals surface area contributed by atoms with E-state index in [0.29, 0.717) is 0 Å². The number of pyridine rings is 1. The standard InChI is InChI=1S/C8H3F6NO2/c9-7(10,11)3-1-4(8(12,13)14)5(6(16)17)15-2-3/h1-2H,(H,16,17). The number of aromatic carboxylic acids is 1. The highest BCUT2D eigenvalue weighted by atomic mass is 19.4. The van der Waals surface area contributed by atoms with Crippen molar-refractivity contribution in [1.82, 2.24) is 4.98 Å². The second-order valence-corrected chi connectivity index (χ2v) is 2.92. The van der Waals surface area contributed by atoms with Gasteiger partial charge < -0.3 is 5.11 Å². The third kappa shape index (κ3) is 2.86. The number of carboxylic acid groups (broad SMARTS) is 1. The third-order valence-corrected chi connectivity index (χ3v) is 1.72. The molecule has 3 nitrogen and oxygen atoms in total. The molecule has 0 aliphatic heterocycles. The number of halogens is 6. The van der Waals surface area contributed by atoms with Crippen molar-refractivity contribution in [2.45, 2.75) is 12.4 Å². The van der Waals surface area contributed by atoms with E-state index < -0.39 is 35.1 Å². The highest BCUT2D eigenvalue weighted by Crippen LogP contribution is 2.36. The Morgan fingerprint density at radius 2 is 1.65 bits per heavy atom. The molecule has 0 saturated carbocycles. The van der Waals surface area contributed by atoms with Crippen LogP contribution in [0, 0.1) is 0 Å². The number of hydrogen-bond donors (Lipinski definition) is 1. The molecule has 0 bridgehead atoms. The van der Waals surface area contributed by atoms with Crippen molar-refractivity contribution in [2.24, 2.45) is 0 Å². The van der Waals surface area contributed by atoms with E-state index in [0.717, 1.165) is 0 Å². The van der Waals surface area contributed by atoms with E-state index in [-0.39, 0.29) is 12.3 Å². The Bertz CT molecular complexity index is 450. The first-order valence-corrected chi connectivity index (χ1v) is 3.91. The van der Waals surface area contributed by atoms with Crippen LogP contribution in [0.25, 0.3) is 0 Å². The molecular formula is C8H3F6NO2. The number of carbonyl (C=O) groups is 1. The van der Waals surface area contributed by atoms with Gasteiger partial charge in [-0.3, -0.25) is 0 Å². The van der Waals surface area contributed by atoms with Gasteiger partial charge in [-0.2, -0.15) is 26.3 Å². The minimum Gasteiger partial charge on any atom is -0.476 e. The molecule has 0 spiro atoms. The molecule has 0 saturated heterocycles. The van der Waals surface area contributed by atoms with E-state index in [1.807, 2.05) is 0 Å². The van der Waals surface area contributed by atoms with Crippen LogP contribution < -0.4 is 0 Å². The lowest BCUT2D eigenvalue weighted by Crippen LogP contribution is -2.17. The van der Waals surface area contributed by atoms with Crippen molar-refractivity contribution in [1.29, 1.82) is 0 Å². The first-order chi connectivity index (χ1) is 7.53. The molecule has 1 heterocycles. The van der Waals surface area contributed by atoms with Gasteiger partial charge in [0.2, 0.25) is 0 Å². The van der Waals surface area contributed by atoms with Crippen LogP contribution in [0.4, 0.5) is 26.3 Å². The molecule has 1 rings (SSSR count). The molecule has 1 aromatic heterocycles. The van der Waals surface area contributed by atoms with Gasteiger partial charge in [0.25, 0.3) is 0 Å². The summed E-state index contributed by atoms with van der Waals surface area (Å²) in [4.78, 5) is 13.1. The maximum atomic E-state index is 12.3. The predicted octanol–water partition coefficient (Wildman–Crippen LogP) is 2.82. The zero-order chi connectivity index (χ0) is 13.4. The van der Waals surface area contributed by atoms with Gasteiger partial charge in [0.05, 0.1) is 11.1 Å². The van der Waals surface area contributed by atoms with Gasteiger partial charge in [-0.1, -0.05) is 0 Å². The zero-order valence-corrected chi connectivity index (χ0v) is 7.73. The van der Waals surface area contributed by atoms with Gasteiger partial charge in [0.1, 0.15) is 0 Å². The fraction of sp³-hybridized carbons (Fsp3) is 0.250. The summed E-state index contributed by atoms with van der Waals surface area (Å²) in [6.45, 7) is 0. The number of nitrogens with zero attached hydrogens (tertiary/aromatic N) is 1. The van der Waals surface area contributed by atoms with Crippen LogP contribution in [0.15, 0.2) is 12.3 Å². The van der Waals surface area contributed by atoms with E-state index in [4.69, 9.17) is 5.11 Å². The molecule has 0 aliphatic carbocycles. The van der Waals surface area contributed by atoms with Crippen molar-refractivity contribution < 1.29 is 36.2 Å². The Labute approximate surface area is 89.7 Å². The SMILES string of the molecule is O=C(O)c1ncc(C(F)(F)F)cc1C(F)(F)F. The van der Waals surface area contributed by atoms with Crippen LogP contribution in [0.2, 0.25) is 0 Å². The van der Waals surface area contributed by atoms with E-state index in [1.54, 1.807) is 0 Å². The average molecular weight is 259 g/mol. The number of carboxylic acids is 1. The number of hydrogen-bond acceptors (Lipinski definition) is 2. The monoisotopic (exact) mass is 259 g/mol. The molecule has 0 aromatic carbocycles. The van der Waals surface area contributed by atoms with E-state index in [9.17, 15) is 31.1 Å². The van der Waals surface area contributed by atoms with Gasteiger partial charge >= 0.3 is 18.3 Å². The van der Waals surface area contributed by atoms with Gasteiger partial charge in [-0.15, -0.1) is 0 Å². The second-order valence-electron chi connectivity index (χ2n) is 2.92. The molecule has 1 N–H and O–H groups in total. The lowest BCUT2D eigenvalue weighted by Gasteiger charge is -2.12. The molecule has 0 unspecified atom stereocenters. The Kier molecular flexibility index (Phi) is 3.04. The summed E-state index contributed by atoms with van der Waals surface area (Å²) >= 11 is 0. The van der Waals surface area contributed by atoms with Crippen molar-refractivity contribution in [3.05, 3.63) is 29.1 Å². The maximum Gasteiger partial charge on any atom is 0.418 e. The van der Waals surface area contributed by atoms with Crippen molar-refractivity contribution >= 4 is 5.97 Å². The summed E-state index contributed by atoms with van der Waals surface area (Å²) in [5, 5.41) is 8.38. The maximum absolute atomic E-state index is 12.3. The normalized spacial score (nSPS) is 12.6. The Morgan fingerprint density at radius 3 is 2.00 bits per heavy atom. The summed E-state index contributed by atoms with van der Waals surface area (Å²) in [5.41, 5.74) is -5.06. The van der Waals surface area contributed by atoms with Crippen LogP contribution in [0.5, 0.6) is 0 Å². The lowest BCUT2D eigenvalue weighted by atomic mass is 10.1. The van der Waals surface area contributed by atoms with Crippen LogP contribution in [0.3, 0.4) is 0 Å². The number of rotatable bonds is 1. The summed E-state index contributed by atoms with van der Waals surface area (Å²) in [7, 11) is 0. The molecule has 0 fully saturated rings. The third-order valence-electron chi connectivity index (χ3n) is 1.72. The first-order valence-electron chi connectivity index (χ1n) is 3.91. The van der Waals surface area contributed by atoms with E-state index >= 15 is 0 Å². The molecule has 0 aliphatic rings. The largest absolute Gasteiger partial charge is 0.476 e.